The first-order valence-corrected chi connectivity index (χ1v) is 9.37. The van der Waals surface area contributed by atoms with Gasteiger partial charge in [-0.05, 0) is 49.6 Å². The molecule has 0 aromatic heterocycles. The lowest BCUT2D eigenvalue weighted by Crippen LogP contribution is -2.45. The Morgan fingerprint density at radius 3 is 2.35 bits per heavy atom. The van der Waals surface area contributed by atoms with Crippen LogP contribution in [0.15, 0.2) is 54.6 Å². The van der Waals surface area contributed by atoms with Gasteiger partial charge in [0.1, 0.15) is 5.75 Å². The van der Waals surface area contributed by atoms with Gasteiger partial charge in [-0.1, -0.05) is 43.2 Å². The first kappa shape index (κ1) is 18.5. The summed E-state index contributed by atoms with van der Waals surface area (Å²) in [5.41, 5.74) is 2.31. The van der Waals surface area contributed by atoms with Crippen LogP contribution in [-0.4, -0.2) is 25.6 Å². The van der Waals surface area contributed by atoms with E-state index in [4.69, 9.17) is 4.74 Å². The van der Waals surface area contributed by atoms with Crippen LogP contribution >= 0.6 is 0 Å². The molecule has 0 spiro atoms. The Hall–Kier alpha value is -2.33. The molecule has 1 amide bonds. The van der Waals surface area contributed by atoms with E-state index < -0.39 is 0 Å². The number of ether oxygens (including phenoxy) is 1. The SMILES string of the molecule is COc1ccc(NC(=O)C(C)NCC2(c3ccccc3)CCCC2)cc1. The molecule has 2 aromatic rings. The maximum Gasteiger partial charge on any atom is 0.241 e. The Bertz CT molecular complexity index is 707. The average Bonchev–Trinajstić information content (AvgIpc) is 3.17. The van der Waals surface area contributed by atoms with Gasteiger partial charge in [0.25, 0.3) is 0 Å². The molecule has 1 unspecified atom stereocenters. The maximum absolute atomic E-state index is 12.5. The Kier molecular flexibility index (Phi) is 5.94. The Balaban J connectivity index is 1.59. The minimum atomic E-state index is -0.252. The highest BCUT2D eigenvalue weighted by molar-refractivity contribution is 5.94. The van der Waals surface area contributed by atoms with Crippen molar-refractivity contribution < 1.29 is 9.53 Å². The summed E-state index contributed by atoms with van der Waals surface area (Å²) in [6.45, 7) is 2.75. The Labute approximate surface area is 156 Å². The highest BCUT2D eigenvalue weighted by Crippen LogP contribution is 2.40. The third-order valence-corrected chi connectivity index (χ3v) is 5.44. The van der Waals surface area contributed by atoms with Crippen molar-refractivity contribution in [1.82, 2.24) is 5.32 Å². The zero-order valence-corrected chi connectivity index (χ0v) is 15.6. The van der Waals surface area contributed by atoms with Crippen LogP contribution in [0.3, 0.4) is 0 Å². The number of amides is 1. The van der Waals surface area contributed by atoms with Crippen molar-refractivity contribution >= 4 is 11.6 Å². The van der Waals surface area contributed by atoms with Crippen LogP contribution in [0, 0.1) is 0 Å². The van der Waals surface area contributed by atoms with E-state index in [1.165, 1.54) is 31.2 Å². The van der Waals surface area contributed by atoms with Crippen LogP contribution in [0.25, 0.3) is 0 Å². The molecule has 1 atom stereocenters. The van der Waals surface area contributed by atoms with Crippen LogP contribution in [0.4, 0.5) is 5.69 Å². The number of carbonyl (C=O) groups excluding carboxylic acids is 1. The van der Waals surface area contributed by atoms with Gasteiger partial charge in [-0.3, -0.25) is 4.79 Å². The molecule has 3 rings (SSSR count). The van der Waals surface area contributed by atoms with Crippen molar-refractivity contribution in [3.63, 3.8) is 0 Å². The fourth-order valence-corrected chi connectivity index (χ4v) is 3.78. The number of anilines is 1. The predicted molar refractivity (Wildman–Crippen MR) is 106 cm³/mol. The van der Waals surface area contributed by atoms with Crippen LogP contribution < -0.4 is 15.4 Å². The fraction of sp³-hybridized carbons (Fsp3) is 0.409. The average molecular weight is 352 g/mol. The summed E-state index contributed by atoms with van der Waals surface area (Å²) in [4.78, 5) is 12.5. The van der Waals surface area contributed by atoms with Gasteiger partial charge < -0.3 is 15.4 Å². The monoisotopic (exact) mass is 352 g/mol. The highest BCUT2D eigenvalue weighted by Gasteiger charge is 2.35. The number of hydrogen-bond acceptors (Lipinski definition) is 3. The quantitative estimate of drug-likeness (QED) is 0.788. The zero-order chi connectivity index (χ0) is 18.4. The van der Waals surface area contributed by atoms with E-state index in [0.717, 1.165) is 18.0 Å². The third kappa shape index (κ3) is 4.25. The van der Waals surface area contributed by atoms with Crippen molar-refractivity contribution in [3.8, 4) is 5.75 Å². The van der Waals surface area contributed by atoms with E-state index >= 15 is 0 Å². The van der Waals surface area contributed by atoms with E-state index in [-0.39, 0.29) is 17.4 Å². The molecular weight excluding hydrogens is 324 g/mol. The third-order valence-electron chi connectivity index (χ3n) is 5.44. The van der Waals surface area contributed by atoms with Gasteiger partial charge in [0.2, 0.25) is 5.91 Å². The van der Waals surface area contributed by atoms with E-state index in [1.807, 2.05) is 31.2 Å². The molecule has 2 aromatic carbocycles. The van der Waals surface area contributed by atoms with Crippen LogP contribution in [0.2, 0.25) is 0 Å². The van der Waals surface area contributed by atoms with Gasteiger partial charge in [0, 0.05) is 17.6 Å². The second-order valence-electron chi connectivity index (χ2n) is 7.17. The Morgan fingerprint density at radius 2 is 1.73 bits per heavy atom. The van der Waals surface area contributed by atoms with Crippen molar-refractivity contribution in [3.05, 3.63) is 60.2 Å². The van der Waals surface area contributed by atoms with Crippen molar-refractivity contribution in [2.75, 3.05) is 19.0 Å². The van der Waals surface area contributed by atoms with E-state index in [1.54, 1.807) is 7.11 Å². The first-order valence-electron chi connectivity index (χ1n) is 9.37. The molecule has 0 aliphatic heterocycles. The normalized spacial score (nSPS) is 16.8. The second kappa shape index (κ2) is 8.37. The molecule has 0 heterocycles. The first-order chi connectivity index (χ1) is 12.6. The summed E-state index contributed by atoms with van der Waals surface area (Å²) in [6, 6.07) is 17.8. The van der Waals surface area contributed by atoms with E-state index in [0.29, 0.717) is 0 Å². The molecular formula is C22H28N2O2. The molecule has 0 bridgehead atoms. The van der Waals surface area contributed by atoms with E-state index in [9.17, 15) is 4.79 Å². The topological polar surface area (TPSA) is 50.4 Å². The Morgan fingerprint density at radius 1 is 1.08 bits per heavy atom. The van der Waals surface area contributed by atoms with Crippen molar-refractivity contribution in [2.45, 2.75) is 44.1 Å². The van der Waals surface area contributed by atoms with Gasteiger partial charge in [-0.15, -0.1) is 0 Å². The minimum absolute atomic E-state index is 0.0172. The minimum Gasteiger partial charge on any atom is -0.497 e. The van der Waals surface area contributed by atoms with Gasteiger partial charge in [-0.2, -0.15) is 0 Å². The summed E-state index contributed by atoms with van der Waals surface area (Å²) in [6.07, 6.45) is 4.86. The summed E-state index contributed by atoms with van der Waals surface area (Å²) < 4.78 is 5.15. The molecule has 0 radical (unpaired) electrons. The molecule has 4 nitrogen and oxygen atoms in total. The van der Waals surface area contributed by atoms with Crippen molar-refractivity contribution in [1.29, 1.82) is 0 Å². The molecule has 1 aliphatic carbocycles. The summed E-state index contributed by atoms with van der Waals surface area (Å²) in [7, 11) is 1.63. The molecule has 138 valence electrons. The van der Waals surface area contributed by atoms with Gasteiger partial charge in [-0.25, -0.2) is 0 Å². The number of methoxy groups -OCH3 is 1. The predicted octanol–water partition coefficient (Wildman–Crippen LogP) is 4.12. The number of hydrogen-bond donors (Lipinski definition) is 2. The number of carbonyl (C=O) groups is 1. The number of rotatable bonds is 7. The highest BCUT2D eigenvalue weighted by atomic mass is 16.5. The van der Waals surface area contributed by atoms with Crippen LogP contribution in [-0.2, 0) is 10.2 Å². The van der Waals surface area contributed by atoms with Crippen LogP contribution in [0.5, 0.6) is 5.75 Å². The lowest BCUT2D eigenvalue weighted by molar-refractivity contribution is -0.117. The van der Waals surface area contributed by atoms with Gasteiger partial charge in [0.15, 0.2) is 0 Å². The standard InChI is InChI=1S/C22H28N2O2/c1-17(21(25)24-19-10-12-20(26-2)13-11-19)23-16-22(14-6-7-15-22)18-8-4-3-5-9-18/h3-5,8-13,17,23H,6-7,14-16H2,1-2H3,(H,24,25). The molecule has 26 heavy (non-hydrogen) atoms. The molecule has 1 aliphatic rings. The van der Waals surface area contributed by atoms with Gasteiger partial charge >= 0.3 is 0 Å². The summed E-state index contributed by atoms with van der Waals surface area (Å²) in [5.74, 6) is 0.761. The lowest BCUT2D eigenvalue weighted by atomic mass is 9.78. The second-order valence-corrected chi connectivity index (χ2v) is 7.17. The summed E-state index contributed by atoms with van der Waals surface area (Å²) in [5, 5.41) is 6.43. The zero-order valence-electron chi connectivity index (χ0n) is 15.6. The van der Waals surface area contributed by atoms with Crippen molar-refractivity contribution in [2.24, 2.45) is 0 Å². The molecule has 1 fully saturated rings. The summed E-state index contributed by atoms with van der Waals surface area (Å²) >= 11 is 0. The number of benzene rings is 2. The van der Waals surface area contributed by atoms with E-state index in [2.05, 4.69) is 41.0 Å². The molecule has 2 N–H and O–H groups in total. The van der Waals surface area contributed by atoms with Gasteiger partial charge in [0.05, 0.1) is 13.2 Å². The lowest BCUT2D eigenvalue weighted by Gasteiger charge is -2.31. The fourth-order valence-electron chi connectivity index (χ4n) is 3.78. The molecule has 4 heteroatoms. The largest absolute Gasteiger partial charge is 0.497 e. The smallest absolute Gasteiger partial charge is 0.241 e. The van der Waals surface area contributed by atoms with Crippen LogP contribution in [0.1, 0.15) is 38.2 Å². The number of nitrogens with one attached hydrogen (secondary N) is 2. The molecule has 0 saturated heterocycles. The molecule has 1 saturated carbocycles. The maximum atomic E-state index is 12.5.